The van der Waals surface area contributed by atoms with Crippen molar-refractivity contribution in [1.82, 2.24) is 29.8 Å². The van der Waals surface area contributed by atoms with E-state index in [4.69, 9.17) is 4.42 Å². The first-order chi connectivity index (χ1) is 10.9. The van der Waals surface area contributed by atoms with E-state index in [0.717, 1.165) is 42.1 Å². The quantitative estimate of drug-likeness (QED) is 0.612. The molecule has 7 nitrogen and oxygen atoms in total. The third kappa shape index (κ3) is 1.62. The first kappa shape index (κ1) is 11.7. The van der Waals surface area contributed by atoms with E-state index >= 15 is 0 Å². The molecule has 0 bridgehead atoms. The Labute approximate surface area is 125 Å². The van der Waals surface area contributed by atoms with Crippen molar-refractivity contribution in [3.63, 3.8) is 0 Å². The number of H-pyrrole nitrogens is 1. The molecule has 7 heteroatoms. The Kier molecular flexibility index (Phi) is 2.26. The summed E-state index contributed by atoms with van der Waals surface area (Å²) in [5.74, 6) is 1.33. The molecule has 22 heavy (non-hydrogen) atoms. The topological polar surface area (TPSA) is 84.9 Å². The first-order valence-electron chi connectivity index (χ1n) is 7.21. The predicted octanol–water partition coefficient (Wildman–Crippen LogP) is 2.26. The van der Waals surface area contributed by atoms with Crippen molar-refractivity contribution in [3.8, 4) is 23.0 Å². The molecule has 0 aliphatic heterocycles. The molecule has 4 aromatic heterocycles. The van der Waals surface area contributed by atoms with E-state index in [-0.39, 0.29) is 0 Å². The van der Waals surface area contributed by atoms with Crippen molar-refractivity contribution in [3.05, 3.63) is 42.0 Å². The summed E-state index contributed by atoms with van der Waals surface area (Å²) >= 11 is 0. The second-order valence-corrected chi connectivity index (χ2v) is 5.37. The van der Waals surface area contributed by atoms with Gasteiger partial charge >= 0.3 is 0 Å². The van der Waals surface area contributed by atoms with Crippen LogP contribution >= 0.6 is 0 Å². The van der Waals surface area contributed by atoms with Crippen LogP contribution in [0.15, 0.2) is 35.2 Å². The molecule has 1 aliphatic carbocycles. The maximum Gasteiger partial charge on any atom is 0.202 e. The number of aromatic amines is 1. The summed E-state index contributed by atoms with van der Waals surface area (Å²) in [4.78, 5) is 9.11. The highest BCUT2D eigenvalue weighted by molar-refractivity contribution is 5.63. The highest BCUT2D eigenvalue weighted by atomic mass is 16.3. The van der Waals surface area contributed by atoms with Crippen molar-refractivity contribution >= 4 is 5.65 Å². The number of nitrogens with zero attached hydrogens (tertiary/aromatic N) is 5. The average Bonchev–Trinajstić information content (AvgIpc) is 3.30. The smallest absolute Gasteiger partial charge is 0.202 e. The third-order valence-corrected chi connectivity index (χ3v) is 4.01. The molecule has 0 fully saturated rings. The Hall–Kier alpha value is -2.96. The number of fused-ring (bicyclic) bond motifs is 3. The Balaban J connectivity index is 1.62. The van der Waals surface area contributed by atoms with E-state index in [2.05, 4.69) is 25.3 Å². The fraction of sp³-hybridized carbons (Fsp3) is 0.200. The van der Waals surface area contributed by atoms with E-state index in [1.54, 1.807) is 17.1 Å². The van der Waals surface area contributed by atoms with Crippen LogP contribution in [-0.4, -0.2) is 29.8 Å². The maximum absolute atomic E-state index is 5.36. The minimum atomic E-state index is 0.594. The Morgan fingerprint density at radius 3 is 3.18 bits per heavy atom. The molecule has 0 aromatic carbocycles. The van der Waals surface area contributed by atoms with E-state index in [0.29, 0.717) is 11.5 Å². The fourth-order valence-corrected chi connectivity index (χ4v) is 2.95. The number of rotatable bonds is 2. The van der Waals surface area contributed by atoms with Gasteiger partial charge in [-0.2, -0.15) is 5.10 Å². The number of furan rings is 1. The van der Waals surface area contributed by atoms with Crippen LogP contribution in [-0.2, 0) is 12.8 Å². The van der Waals surface area contributed by atoms with Gasteiger partial charge in [-0.25, -0.2) is 14.5 Å². The molecule has 4 heterocycles. The normalized spacial score (nSPS) is 13.8. The van der Waals surface area contributed by atoms with Crippen LogP contribution in [0.5, 0.6) is 0 Å². The monoisotopic (exact) mass is 292 g/mol. The molecule has 0 saturated carbocycles. The van der Waals surface area contributed by atoms with Crippen LogP contribution in [0.3, 0.4) is 0 Å². The molecule has 0 radical (unpaired) electrons. The Morgan fingerprint density at radius 1 is 1.27 bits per heavy atom. The summed E-state index contributed by atoms with van der Waals surface area (Å²) in [5, 5.41) is 11.7. The van der Waals surface area contributed by atoms with Crippen molar-refractivity contribution in [2.45, 2.75) is 19.3 Å². The van der Waals surface area contributed by atoms with Crippen molar-refractivity contribution < 1.29 is 4.42 Å². The van der Waals surface area contributed by atoms with Gasteiger partial charge in [-0.3, -0.25) is 5.10 Å². The van der Waals surface area contributed by atoms with Gasteiger partial charge in [0, 0.05) is 11.3 Å². The van der Waals surface area contributed by atoms with Gasteiger partial charge in [-0.05, 0) is 37.5 Å². The van der Waals surface area contributed by atoms with Gasteiger partial charge in [0.2, 0.25) is 5.82 Å². The minimum absolute atomic E-state index is 0.594. The number of hydrogen-bond acceptors (Lipinski definition) is 5. The van der Waals surface area contributed by atoms with Gasteiger partial charge in [-0.1, -0.05) is 0 Å². The summed E-state index contributed by atoms with van der Waals surface area (Å²) in [7, 11) is 0. The molecular weight excluding hydrogens is 280 g/mol. The predicted molar refractivity (Wildman–Crippen MR) is 78.1 cm³/mol. The van der Waals surface area contributed by atoms with Crippen LogP contribution in [0.1, 0.15) is 17.7 Å². The lowest BCUT2D eigenvalue weighted by atomic mass is 10.2. The molecule has 1 aliphatic rings. The standard InChI is InChI=1S/C15H12N6O/c1-3-9-10(4-1)16-8-21-15(9)17-14(20-21)12-7-11(18-19-12)13-5-2-6-22-13/h2,5-8H,1,3-4H2,(H,18,19). The second-order valence-electron chi connectivity index (χ2n) is 5.37. The fourth-order valence-electron chi connectivity index (χ4n) is 2.95. The molecular formula is C15H12N6O. The highest BCUT2D eigenvalue weighted by Crippen LogP contribution is 2.26. The molecule has 0 atom stereocenters. The molecule has 0 spiro atoms. The highest BCUT2D eigenvalue weighted by Gasteiger charge is 2.20. The maximum atomic E-state index is 5.36. The molecule has 108 valence electrons. The molecule has 0 amide bonds. The number of aryl methyl sites for hydroxylation is 2. The number of aromatic nitrogens is 6. The third-order valence-electron chi connectivity index (χ3n) is 4.01. The summed E-state index contributed by atoms with van der Waals surface area (Å²) in [6.45, 7) is 0. The molecule has 5 rings (SSSR count). The SMILES string of the molecule is c1coc(-c2cc(-c3nc4c5c(ncn4n3)CCC5)n[nH]2)c1. The van der Waals surface area contributed by atoms with E-state index in [9.17, 15) is 0 Å². The first-order valence-corrected chi connectivity index (χ1v) is 7.21. The van der Waals surface area contributed by atoms with Crippen LogP contribution < -0.4 is 0 Å². The summed E-state index contributed by atoms with van der Waals surface area (Å²) in [6.07, 6.45) is 6.54. The lowest BCUT2D eigenvalue weighted by molar-refractivity contribution is 0.580. The lowest BCUT2D eigenvalue weighted by Gasteiger charge is -1.97. The zero-order valence-corrected chi connectivity index (χ0v) is 11.7. The van der Waals surface area contributed by atoms with Gasteiger partial charge in [0.15, 0.2) is 11.4 Å². The average molecular weight is 292 g/mol. The molecule has 0 saturated heterocycles. The van der Waals surface area contributed by atoms with Gasteiger partial charge in [0.05, 0.1) is 6.26 Å². The number of nitrogens with one attached hydrogen (secondary N) is 1. The summed E-state index contributed by atoms with van der Waals surface area (Å²) < 4.78 is 7.10. The van der Waals surface area contributed by atoms with E-state index in [1.807, 2.05) is 18.2 Å². The molecule has 1 N–H and O–H groups in total. The van der Waals surface area contributed by atoms with Crippen LogP contribution in [0, 0.1) is 0 Å². The van der Waals surface area contributed by atoms with Gasteiger partial charge in [0.1, 0.15) is 17.7 Å². The Morgan fingerprint density at radius 2 is 2.27 bits per heavy atom. The Bertz CT molecular complexity index is 965. The van der Waals surface area contributed by atoms with Crippen LogP contribution in [0.4, 0.5) is 0 Å². The van der Waals surface area contributed by atoms with E-state index < -0.39 is 0 Å². The minimum Gasteiger partial charge on any atom is -0.463 e. The van der Waals surface area contributed by atoms with Crippen LogP contribution in [0.2, 0.25) is 0 Å². The zero-order chi connectivity index (χ0) is 14.5. The molecule has 0 unspecified atom stereocenters. The molecule has 4 aromatic rings. The summed E-state index contributed by atoms with van der Waals surface area (Å²) in [5.41, 5.74) is 4.75. The second kappa shape index (κ2) is 4.27. The lowest BCUT2D eigenvalue weighted by Crippen LogP contribution is -1.96. The van der Waals surface area contributed by atoms with Gasteiger partial charge in [-0.15, -0.1) is 5.10 Å². The van der Waals surface area contributed by atoms with Crippen LogP contribution in [0.25, 0.3) is 28.6 Å². The van der Waals surface area contributed by atoms with Crippen molar-refractivity contribution in [2.75, 3.05) is 0 Å². The zero-order valence-electron chi connectivity index (χ0n) is 11.7. The largest absolute Gasteiger partial charge is 0.463 e. The van der Waals surface area contributed by atoms with Crippen molar-refractivity contribution in [1.29, 1.82) is 0 Å². The van der Waals surface area contributed by atoms with Gasteiger partial charge < -0.3 is 4.42 Å². The van der Waals surface area contributed by atoms with E-state index in [1.165, 1.54) is 5.56 Å². The van der Waals surface area contributed by atoms with Crippen molar-refractivity contribution in [2.24, 2.45) is 0 Å². The van der Waals surface area contributed by atoms with Gasteiger partial charge in [0.25, 0.3) is 0 Å². The number of hydrogen-bond donors (Lipinski definition) is 1. The summed E-state index contributed by atoms with van der Waals surface area (Å²) in [6, 6.07) is 5.61.